The first-order chi connectivity index (χ1) is 10.4. The molecule has 0 rings (SSSR count). The highest BCUT2D eigenvalue weighted by molar-refractivity contribution is 7.31. The second-order valence-corrected chi connectivity index (χ2v) is 7.38. The molecule has 1 atom stereocenters. The maximum Gasteiger partial charge on any atom is 0.0107 e. The zero-order valence-corrected chi connectivity index (χ0v) is 15.7. The van der Waals surface area contributed by atoms with E-state index in [4.69, 9.17) is 4.89 Å². The Balaban J connectivity index is 2.90. The average molecular weight is 317 g/mol. The van der Waals surface area contributed by atoms with Gasteiger partial charge >= 0.3 is 0 Å². The van der Waals surface area contributed by atoms with Gasteiger partial charge in [-0.3, -0.25) is 0 Å². The molecule has 0 saturated carbocycles. The highest BCUT2D eigenvalue weighted by Crippen LogP contribution is 2.14. The molecule has 0 heterocycles. The van der Waals surface area contributed by atoms with Crippen LogP contribution in [0.4, 0.5) is 0 Å². The van der Waals surface area contributed by atoms with Crippen LogP contribution in [-0.2, 0) is 0 Å². The second-order valence-electron chi connectivity index (χ2n) is 6.56. The predicted octanol–water partition coefficient (Wildman–Crippen LogP) is 7.22. The Kier molecular flexibility index (Phi) is 20.8. The van der Waals surface area contributed by atoms with Gasteiger partial charge in [-0.1, -0.05) is 110 Å². The van der Waals surface area contributed by atoms with E-state index in [1.165, 1.54) is 109 Å². The van der Waals surface area contributed by atoms with E-state index in [1.54, 1.807) is 0 Å². The minimum absolute atomic E-state index is 0.169. The van der Waals surface area contributed by atoms with Gasteiger partial charge in [0.15, 0.2) is 0 Å². The van der Waals surface area contributed by atoms with Gasteiger partial charge in [0.2, 0.25) is 0 Å². The summed E-state index contributed by atoms with van der Waals surface area (Å²) in [6, 6.07) is 0. The molecule has 0 aromatic heterocycles. The number of hydrogen-bond acceptors (Lipinski definition) is 1. The van der Waals surface area contributed by atoms with Crippen LogP contribution in [0.1, 0.15) is 116 Å². The lowest BCUT2D eigenvalue weighted by atomic mass is 10.0. The van der Waals surface area contributed by atoms with E-state index in [0.717, 1.165) is 6.16 Å². The number of hydrogen-bond donors (Lipinski definition) is 1. The largest absolute Gasteiger partial charge is 0.377 e. The van der Waals surface area contributed by atoms with E-state index >= 15 is 0 Å². The summed E-state index contributed by atoms with van der Waals surface area (Å²) in [6.45, 7) is 2.29. The van der Waals surface area contributed by atoms with Gasteiger partial charge in [0.25, 0.3) is 0 Å². The van der Waals surface area contributed by atoms with Gasteiger partial charge in [-0.2, -0.15) is 0 Å². The molecule has 21 heavy (non-hydrogen) atoms. The van der Waals surface area contributed by atoms with Crippen LogP contribution in [0.15, 0.2) is 0 Å². The van der Waals surface area contributed by atoms with Crippen molar-refractivity contribution in [1.29, 1.82) is 0 Å². The topological polar surface area (TPSA) is 20.2 Å². The molecule has 128 valence electrons. The molecule has 0 fully saturated rings. The number of unbranched alkanes of at least 4 members (excludes halogenated alkanes) is 16. The number of rotatable bonds is 18. The SMILES string of the molecule is CCCCCCCCCCCCCCCCCCCPO. The summed E-state index contributed by atoms with van der Waals surface area (Å²) in [5, 5.41) is 0. The summed E-state index contributed by atoms with van der Waals surface area (Å²) in [6.07, 6.45) is 25.2. The van der Waals surface area contributed by atoms with Crippen molar-refractivity contribution in [2.75, 3.05) is 6.16 Å². The van der Waals surface area contributed by atoms with E-state index in [-0.39, 0.29) is 8.81 Å². The molecule has 0 aromatic carbocycles. The van der Waals surface area contributed by atoms with Gasteiger partial charge in [0.1, 0.15) is 0 Å². The van der Waals surface area contributed by atoms with Gasteiger partial charge in [0, 0.05) is 8.81 Å². The smallest absolute Gasteiger partial charge is 0.0107 e. The van der Waals surface area contributed by atoms with Crippen molar-refractivity contribution in [2.24, 2.45) is 0 Å². The van der Waals surface area contributed by atoms with Crippen LogP contribution in [0, 0.1) is 0 Å². The van der Waals surface area contributed by atoms with Crippen molar-refractivity contribution in [2.45, 2.75) is 116 Å². The summed E-state index contributed by atoms with van der Waals surface area (Å²) in [4.78, 5) is 8.72. The van der Waals surface area contributed by atoms with Crippen molar-refractivity contribution in [3.05, 3.63) is 0 Å². The normalized spacial score (nSPS) is 11.7. The minimum Gasteiger partial charge on any atom is -0.377 e. The molecule has 0 aliphatic heterocycles. The lowest BCUT2D eigenvalue weighted by Gasteiger charge is -2.03. The molecule has 0 aromatic rings. The molecule has 2 heteroatoms. The zero-order chi connectivity index (χ0) is 15.4. The summed E-state index contributed by atoms with van der Waals surface area (Å²) in [7, 11) is 0.169. The van der Waals surface area contributed by atoms with E-state index < -0.39 is 0 Å². The molecule has 0 amide bonds. The quantitative estimate of drug-likeness (QED) is 0.209. The Morgan fingerprint density at radius 3 is 1.05 bits per heavy atom. The highest BCUT2D eigenvalue weighted by atomic mass is 31.1. The van der Waals surface area contributed by atoms with E-state index in [1.807, 2.05) is 0 Å². The Morgan fingerprint density at radius 2 is 0.762 bits per heavy atom. The van der Waals surface area contributed by atoms with Crippen LogP contribution in [0.3, 0.4) is 0 Å². The summed E-state index contributed by atoms with van der Waals surface area (Å²) >= 11 is 0. The Morgan fingerprint density at radius 1 is 0.476 bits per heavy atom. The predicted molar refractivity (Wildman–Crippen MR) is 99.6 cm³/mol. The van der Waals surface area contributed by atoms with Gasteiger partial charge in [0.05, 0.1) is 0 Å². The zero-order valence-electron chi connectivity index (χ0n) is 14.7. The molecule has 0 bridgehead atoms. The lowest BCUT2D eigenvalue weighted by Crippen LogP contribution is -1.84. The van der Waals surface area contributed by atoms with Gasteiger partial charge in [-0.15, -0.1) is 0 Å². The molecule has 0 radical (unpaired) electrons. The Labute approximate surface area is 136 Å². The molecule has 0 saturated heterocycles. The third-order valence-electron chi connectivity index (χ3n) is 4.39. The molecule has 1 N–H and O–H groups in total. The molecule has 1 unspecified atom stereocenters. The van der Waals surface area contributed by atoms with E-state index in [0.29, 0.717) is 0 Å². The van der Waals surface area contributed by atoms with Gasteiger partial charge < -0.3 is 4.89 Å². The van der Waals surface area contributed by atoms with Crippen molar-refractivity contribution in [1.82, 2.24) is 0 Å². The van der Waals surface area contributed by atoms with E-state index in [2.05, 4.69) is 6.92 Å². The average Bonchev–Trinajstić information content (AvgIpc) is 2.50. The fraction of sp³-hybridized carbons (Fsp3) is 1.00. The van der Waals surface area contributed by atoms with E-state index in [9.17, 15) is 0 Å². The van der Waals surface area contributed by atoms with Crippen molar-refractivity contribution >= 4 is 8.81 Å². The first kappa shape index (κ1) is 21.4. The standard InChI is InChI=1S/C19H41OP/c1-2-3-4-5-6-7-8-9-10-11-12-13-14-15-16-17-18-19-21-20/h20-21H,2-19H2,1H3. The van der Waals surface area contributed by atoms with Crippen LogP contribution in [0.5, 0.6) is 0 Å². The Hall–Kier alpha value is 0.390. The van der Waals surface area contributed by atoms with Gasteiger partial charge in [-0.05, 0) is 12.6 Å². The third-order valence-corrected chi connectivity index (χ3v) is 4.97. The molecular formula is C19H41OP. The van der Waals surface area contributed by atoms with Crippen molar-refractivity contribution < 1.29 is 4.89 Å². The first-order valence-corrected chi connectivity index (χ1v) is 10.9. The fourth-order valence-electron chi connectivity index (χ4n) is 2.93. The molecular weight excluding hydrogens is 275 g/mol. The third kappa shape index (κ3) is 20.4. The van der Waals surface area contributed by atoms with Crippen molar-refractivity contribution in [3.63, 3.8) is 0 Å². The van der Waals surface area contributed by atoms with Crippen LogP contribution in [-0.4, -0.2) is 11.1 Å². The Bertz CT molecular complexity index is 155. The van der Waals surface area contributed by atoms with Crippen LogP contribution >= 0.6 is 8.81 Å². The monoisotopic (exact) mass is 316 g/mol. The van der Waals surface area contributed by atoms with Crippen LogP contribution in [0.2, 0.25) is 0 Å². The fourth-order valence-corrected chi connectivity index (χ4v) is 3.34. The molecule has 1 nitrogen and oxygen atoms in total. The molecule has 0 aliphatic carbocycles. The maximum absolute atomic E-state index is 8.72. The van der Waals surface area contributed by atoms with Crippen LogP contribution in [0.25, 0.3) is 0 Å². The second kappa shape index (κ2) is 20.4. The van der Waals surface area contributed by atoms with Crippen LogP contribution < -0.4 is 0 Å². The minimum atomic E-state index is 0.169. The molecule has 0 aliphatic rings. The lowest BCUT2D eigenvalue weighted by molar-refractivity contribution is 0.528. The first-order valence-electron chi connectivity index (χ1n) is 9.78. The molecule has 0 spiro atoms. The maximum atomic E-state index is 8.72. The summed E-state index contributed by atoms with van der Waals surface area (Å²) < 4.78 is 0. The van der Waals surface area contributed by atoms with Gasteiger partial charge in [-0.25, -0.2) is 0 Å². The highest BCUT2D eigenvalue weighted by Gasteiger charge is 1.94. The summed E-state index contributed by atoms with van der Waals surface area (Å²) in [5.41, 5.74) is 0. The summed E-state index contributed by atoms with van der Waals surface area (Å²) in [5.74, 6) is 0. The van der Waals surface area contributed by atoms with Crippen molar-refractivity contribution in [3.8, 4) is 0 Å².